The molecule has 1 N–H and O–H groups in total. The van der Waals surface area contributed by atoms with Gasteiger partial charge in [0.2, 0.25) is 0 Å². The van der Waals surface area contributed by atoms with Crippen LogP contribution in [0.4, 0.5) is 5.82 Å². The third-order valence-corrected chi connectivity index (χ3v) is 3.72. The fourth-order valence-electron chi connectivity index (χ4n) is 2.19. The number of anilines is 1. The lowest BCUT2D eigenvalue weighted by Gasteiger charge is -2.10. The Labute approximate surface area is 141 Å². The second kappa shape index (κ2) is 7.42. The Morgan fingerprint density at radius 2 is 1.79 bits per heavy atom. The van der Waals surface area contributed by atoms with Crippen molar-refractivity contribution in [3.05, 3.63) is 83.6 Å². The fourth-order valence-corrected chi connectivity index (χ4v) is 2.19. The number of hydrogen-bond donors (Lipinski definition) is 1. The van der Waals surface area contributed by atoms with Gasteiger partial charge in [0.15, 0.2) is 0 Å². The molecule has 3 aromatic rings. The first-order valence-electron chi connectivity index (χ1n) is 7.76. The van der Waals surface area contributed by atoms with E-state index in [4.69, 9.17) is 4.74 Å². The average Bonchev–Trinajstić information content (AvgIpc) is 2.61. The van der Waals surface area contributed by atoms with E-state index < -0.39 is 0 Å². The van der Waals surface area contributed by atoms with Gasteiger partial charge in [-0.2, -0.15) is 5.10 Å². The summed E-state index contributed by atoms with van der Waals surface area (Å²) in [4.78, 5) is 4.14. The van der Waals surface area contributed by atoms with Crippen LogP contribution < -0.4 is 10.2 Å². The van der Waals surface area contributed by atoms with E-state index in [0.717, 1.165) is 22.6 Å². The Balaban J connectivity index is 1.64. The number of rotatable bonds is 5. The molecule has 0 spiro atoms. The predicted molar refractivity (Wildman–Crippen MR) is 97.9 cm³/mol. The zero-order valence-electron chi connectivity index (χ0n) is 13.7. The standard InChI is InChI=1S/C20H19N3O/c1-15-6-5-7-19(16(15)2)24-18-11-9-17(10-12-18)14-22-23-20-8-3-4-13-21-20/h3-14H,1-2H3,(H,21,23). The van der Waals surface area contributed by atoms with E-state index in [0.29, 0.717) is 5.82 Å². The normalized spacial score (nSPS) is 10.8. The highest BCUT2D eigenvalue weighted by atomic mass is 16.5. The fraction of sp³-hybridized carbons (Fsp3) is 0.100. The molecule has 120 valence electrons. The average molecular weight is 317 g/mol. The molecule has 0 fully saturated rings. The number of nitrogens with one attached hydrogen (secondary N) is 1. The van der Waals surface area contributed by atoms with Gasteiger partial charge in [0.1, 0.15) is 17.3 Å². The molecule has 1 aromatic heterocycles. The Hall–Kier alpha value is -3.14. The highest BCUT2D eigenvalue weighted by Gasteiger charge is 2.03. The van der Waals surface area contributed by atoms with E-state index in [1.54, 1.807) is 12.4 Å². The van der Waals surface area contributed by atoms with E-state index in [-0.39, 0.29) is 0 Å². The number of hydrazone groups is 1. The first-order valence-corrected chi connectivity index (χ1v) is 7.76. The first kappa shape index (κ1) is 15.7. The maximum atomic E-state index is 5.95. The molecule has 0 saturated carbocycles. The minimum Gasteiger partial charge on any atom is -0.457 e. The molecule has 1 heterocycles. The molecule has 0 unspecified atom stereocenters. The van der Waals surface area contributed by atoms with Crippen LogP contribution in [0, 0.1) is 13.8 Å². The van der Waals surface area contributed by atoms with Crippen LogP contribution in [0.2, 0.25) is 0 Å². The highest BCUT2D eigenvalue weighted by Crippen LogP contribution is 2.26. The van der Waals surface area contributed by atoms with Crippen molar-refractivity contribution >= 4 is 12.0 Å². The van der Waals surface area contributed by atoms with Crippen LogP contribution in [0.3, 0.4) is 0 Å². The number of hydrogen-bond acceptors (Lipinski definition) is 4. The summed E-state index contributed by atoms with van der Waals surface area (Å²) in [6.45, 7) is 4.14. The molecule has 4 nitrogen and oxygen atoms in total. The first-order chi connectivity index (χ1) is 11.7. The quantitative estimate of drug-likeness (QED) is 0.536. The second-order valence-electron chi connectivity index (χ2n) is 5.45. The number of aromatic nitrogens is 1. The van der Waals surface area contributed by atoms with Gasteiger partial charge in [-0.15, -0.1) is 0 Å². The van der Waals surface area contributed by atoms with Crippen molar-refractivity contribution in [1.29, 1.82) is 0 Å². The molecule has 0 saturated heterocycles. The van der Waals surface area contributed by atoms with Gasteiger partial charge in [-0.1, -0.05) is 18.2 Å². The number of nitrogens with zero attached hydrogens (tertiary/aromatic N) is 2. The summed E-state index contributed by atoms with van der Waals surface area (Å²) in [7, 11) is 0. The van der Waals surface area contributed by atoms with Crippen molar-refractivity contribution in [1.82, 2.24) is 4.98 Å². The van der Waals surface area contributed by atoms with Gasteiger partial charge in [0.05, 0.1) is 6.21 Å². The Morgan fingerprint density at radius 1 is 0.958 bits per heavy atom. The maximum absolute atomic E-state index is 5.95. The molecule has 0 atom stereocenters. The van der Waals surface area contributed by atoms with Gasteiger partial charge in [-0.25, -0.2) is 4.98 Å². The third-order valence-electron chi connectivity index (χ3n) is 3.72. The van der Waals surface area contributed by atoms with Crippen LogP contribution in [-0.2, 0) is 0 Å². The van der Waals surface area contributed by atoms with Crippen molar-refractivity contribution in [2.75, 3.05) is 5.43 Å². The van der Waals surface area contributed by atoms with Crippen molar-refractivity contribution in [2.24, 2.45) is 5.10 Å². The molecule has 0 aliphatic carbocycles. The Kier molecular flexibility index (Phi) is 4.87. The smallest absolute Gasteiger partial charge is 0.146 e. The van der Waals surface area contributed by atoms with E-state index >= 15 is 0 Å². The van der Waals surface area contributed by atoms with E-state index in [9.17, 15) is 0 Å². The van der Waals surface area contributed by atoms with E-state index in [1.165, 1.54) is 5.56 Å². The van der Waals surface area contributed by atoms with Gasteiger partial charge in [-0.3, -0.25) is 5.43 Å². The summed E-state index contributed by atoms with van der Waals surface area (Å²) in [5.41, 5.74) is 6.24. The van der Waals surface area contributed by atoms with Gasteiger partial charge in [-0.05, 0) is 73.0 Å². The van der Waals surface area contributed by atoms with Crippen molar-refractivity contribution in [3.8, 4) is 11.5 Å². The van der Waals surface area contributed by atoms with Crippen molar-refractivity contribution in [2.45, 2.75) is 13.8 Å². The molecule has 3 rings (SSSR count). The van der Waals surface area contributed by atoms with E-state index in [1.807, 2.05) is 54.6 Å². The summed E-state index contributed by atoms with van der Waals surface area (Å²) < 4.78 is 5.95. The molecule has 0 amide bonds. The van der Waals surface area contributed by atoms with Crippen LogP contribution >= 0.6 is 0 Å². The number of aryl methyl sites for hydroxylation is 1. The molecule has 4 heteroatoms. The SMILES string of the molecule is Cc1cccc(Oc2ccc(C=NNc3ccccn3)cc2)c1C. The summed E-state index contributed by atoms with van der Waals surface area (Å²) in [5, 5.41) is 4.17. The lowest BCUT2D eigenvalue weighted by Crippen LogP contribution is -1.93. The van der Waals surface area contributed by atoms with Gasteiger partial charge in [0.25, 0.3) is 0 Å². The van der Waals surface area contributed by atoms with Gasteiger partial charge in [0, 0.05) is 6.20 Å². The zero-order valence-corrected chi connectivity index (χ0v) is 13.7. The number of benzene rings is 2. The highest BCUT2D eigenvalue weighted by molar-refractivity contribution is 5.80. The Morgan fingerprint density at radius 3 is 2.54 bits per heavy atom. The summed E-state index contributed by atoms with van der Waals surface area (Å²) in [6, 6.07) is 19.5. The molecule has 0 bridgehead atoms. The largest absolute Gasteiger partial charge is 0.457 e. The minimum absolute atomic E-state index is 0.712. The lowest BCUT2D eigenvalue weighted by molar-refractivity contribution is 0.478. The number of ether oxygens (including phenoxy) is 1. The van der Waals surface area contributed by atoms with E-state index in [2.05, 4.69) is 35.4 Å². The Bertz CT molecular complexity index is 827. The van der Waals surface area contributed by atoms with Crippen LogP contribution in [0.25, 0.3) is 0 Å². The molecule has 0 aliphatic rings. The van der Waals surface area contributed by atoms with Gasteiger partial charge < -0.3 is 4.74 Å². The zero-order chi connectivity index (χ0) is 16.8. The topological polar surface area (TPSA) is 46.5 Å². The van der Waals surface area contributed by atoms with Crippen molar-refractivity contribution < 1.29 is 4.74 Å². The van der Waals surface area contributed by atoms with Crippen LogP contribution in [0.1, 0.15) is 16.7 Å². The summed E-state index contributed by atoms with van der Waals surface area (Å²) in [5.74, 6) is 2.40. The molecule has 0 aliphatic heterocycles. The molecule has 24 heavy (non-hydrogen) atoms. The molecular formula is C20H19N3O. The van der Waals surface area contributed by atoms with Crippen molar-refractivity contribution in [3.63, 3.8) is 0 Å². The maximum Gasteiger partial charge on any atom is 0.146 e. The minimum atomic E-state index is 0.712. The van der Waals surface area contributed by atoms with Gasteiger partial charge >= 0.3 is 0 Å². The predicted octanol–water partition coefficient (Wildman–Crippen LogP) is 4.94. The summed E-state index contributed by atoms with van der Waals surface area (Å²) in [6.07, 6.45) is 3.47. The van der Waals surface area contributed by atoms with Crippen LogP contribution in [-0.4, -0.2) is 11.2 Å². The van der Waals surface area contributed by atoms with Crippen LogP contribution in [0.5, 0.6) is 11.5 Å². The summed E-state index contributed by atoms with van der Waals surface area (Å²) >= 11 is 0. The third kappa shape index (κ3) is 3.98. The molecular weight excluding hydrogens is 298 g/mol. The molecule has 0 radical (unpaired) electrons. The number of pyridine rings is 1. The second-order valence-corrected chi connectivity index (χ2v) is 5.45. The lowest BCUT2D eigenvalue weighted by atomic mass is 10.1. The molecule has 2 aromatic carbocycles. The van der Waals surface area contributed by atoms with Crippen LogP contribution in [0.15, 0.2) is 72.0 Å². The monoisotopic (exact) mass is 317 g/mol.